The number of alkyl carbamates (subject to hydrolysis) is 1. The zero-order valence-corrected chi connectivity index (χ0v) is 24.7. The van der Waals surface area contributed by atoms with Crippen molar-refractivity contribution in [2.75, 3.05) is 20.1 Å². The van der Waals surface area contributed by atoms with Crippen LogP contribution in [0.3, 0.4) is 0 Å². The van der Waals surface area contributed by atoms with Crippen LogP contribution in [0.5, 0.6) is 0 Å². The fourth-order valence-electron chi connectivity index (χ4n) is 5.11. The maximum absolute atomic E-state index is 13.6. The molecule has 224 valence electrons. The molecule has 0 aromatic rings. The van der Waals surface area contributed by atoms with E-state index in [4.69, 9.17) is 4.74 Å². The molecule has 2 heterocycles. The molecule has 0 aromatic carbocycles. The summed E-state index contributed by atoms with van der Waals surface area (Å²) in [5.74, 6) is -2.11. The first-order chi connectivity index (χ1) is 18.7. The lowest BCUT2D eigenvalue weighted by molar-refractivity contribution is -0.141. The van der Waals surface area contributed by atoms with Crippen molar-refractivity contribution in [2.45, 2.75) is 95.4 Å². The Morgan fingerprint density at radius 2 is 1.95 bits per heavy atom. The average Bonchev–Trinajstić information content (AvgIpc) is 3.30. The highest BCUT2D eigenvalue weighted by atomic mass is 32.2. The third kappa shape index (κ3) is 7.84. The molecule has 1 saturated heterocycles. The molecule has 4 atom stereocenters. The normalized spacial score (nSPS) is 28.7. The van der Waals surface area contributed by atoms with Gasteiger partial charge in [0.25, 0.3) is 5.91 Å². The Bertz CT molecular complexity index is 1130. The third-order valence-electron chi connectivity index (χ3n) is 7.34. The van der Waals surface area contributed by atoms with E-state index in [2.05, 4.69) is 21.9 Å². The predicted molar refractivity (Wildman–Crippen MR) is 149 cm³/mol. The molecule has 4 amide bonds. The third-order valence-corrected chi connectivity index (χ3v) is 8.76. The standard InChI is InChI=1S/C27H43N5O7S/c1-6-16-31(5)40(37,38)30-24(35)27-18-19(27)13-10-8-7-9-11-14-20(28-25(36)39-26(2,3)4)23(34)32-17-12-15-21(32)22(33)29-27/h6,10,13,19-21H,1,7-9,11-12,14-18H2,2-5H3,(H,28,36)(H,29,33)(H,30,35)/b13-10-/t19-,20-,21-,27+/m0/s1. The highest BCUT2D eigenvalue weighted by Crippen LogP contribution is 2.45. The molecule has 3 N–H and O–H groups in total. The fraction of sp³-hybridized carbons (Fsp3) is 0.704. The number of amides is 4. The number of nitrogens with one attached hydrogen (secondary N) is 3. The molecular formula is C27H43N5O7S. The zero-order chi connectivity index (χ0) is 29.7. The highest BCUT2D eigenvalue weighted by Gasteiger charge is 2.61. The second kappa shape index (κ2) is 12.7. The number of fused-ring (bicyclic) bond motifs is 2. The summed E-state index contributed by atoms with van der Waals surface area (Å²) in [6, 6.07) is -1.71. The van der Waals surface area contributed by atoms with E-state index in [1.54, 1.807) is 20.8 Å². The van der Waals surface area contributed by atoms with Crippen molar-refractivity contribution in [1.29, 1.82) is 0 Å². The van der Waals surface area contributed by atoms with Crippen LogP contribution in [0.2, 0.25) is 0 Å². The summed E-state index contributed by atoms with van der Waals surface area (Å²) in [6.45, 7) is 9.06. The largest absolute Gasteiger partial charge is 0.444 e. The predicted octanol–water partition coefficient (Wildman–Crippen LogP) is 1.74. The number of carbonyl (C=O) groups excluding carboxylic acids is 4. The Kier molecular flexibility index (Phi) is 10.0. The maximum atomic E-state index is 13.6. The van der Waals surface area contributed by atoms with Crippen molar-refractivity contribution in [3.63, 3.8) is 0 Å². The van der Waals surface area contributed by atoms with Crippen LogP contribution in [-0.2, 0) is 29.3 Å². The van der Waals surface area contributed by atoms with Crippen LogP contribution in [0.1, 0.15) is 72.1 Å². The van der Waals surface area contributed by atoms with E-state index in [0.717, 1.165) is 23.6 Å². The SMILES string of the molecule is C=CCN(C)S(=O)(=O)NC(=O)[C@@]12C[C@@H]1/C=C\CCCCC[C@H](NC(=O)OC(C)(C)C)C(=O)N1CCC[C@H]1C(=O)N2. The first-order valence-corrected chi connectivity index (χ1v) is 15.3. The molecule has 1 saturated carbocycles. The summed E-state index contributed by atoms with van der Waals surface area (Å²) in [6.07, 6.45) is 9.14. The van der Waals surface area contributed by atoms with E-state index in [-0.39, 0.29) is 24.8 Å². The van der Waals surface area contributed by atoms with Gasteiger partial charge in [0.2, 0.25) is 11.8 Å². The maximum Gasteiger partial charge on any atom is 0.408 e. The van der Waals surface area contributed by atoms with Crippen LogP contribution in [0.4, 0.5) is 4.79 Å². The summed E-state index contributed by atoms with van der Waals surface area (Å²) >= 11 is 0. The van der Waals surface area contributed by atoms with Crippen molar-refractivity contribution in [3.8, 4) is 0 Å². The lowest BCUT2D eigenvalue weighted by Gasteiger charge is -2.30. The number of carbonyl (C=O) groups is 4. The minimum Gasteiger partial charge on any atom is -0.444 e. The van der Waals surface area contributed by atoms with Crippen molar-refractivity contribution in [3.05, 3.63) is 24.8 Å². The molecule has 1 aliphatic carbocycles. The Balaban J connectivity index is 1.84. The van der Waals surface area contributed by atoms with Crippen LogP contribution in [0.25, 0.3) is 0 Å². The second-order valence-electron chi connectivity index (χ2n) is 11.7. The monoisotopic (exact) mass is 581 g/mol. The molecule has 0 unspecified atom stereocenters. The van der Waals surface area contributed by atoms with Gasteiger partial charge in [0.05, 0.1) is 0 Å². The molecule has 0 aromatic heterocycles. The van der Waals surface area contributed by atoms with Gasteiger partial charge in [-0.3, -0.25) is 14.4 Å². The van der Waals surface area contributed by atoms with E-state index in [1.807, 2.05) is 12.2 Å². The van der Waals surface area contributed by atoms with Gasteiger partial charge < -0.3 is 20.3 Å². The quantitative estimate of drug-likeness (QED) is 0.404. The van der Waals surface area contributed by atoms with Crippen LogP contribution in [-0.4, -0.2) is 84.8 Å². The molecule has 3 aliphatic rings. The average molecular weight is 582 g/mol. The van der Waals surface area contributed by atoms with Crippen molar-refractivity contribution >= 4 is 34.0 Å². The number of ether oxygens (including phenoxy) is 1. The number of hydrogen-bond acceptors (Lipinski definition) is 7. The van der Waals surface area contributed by atoms with E-state index in [1.165, 1.54) is 18.0 Å². The van der Waals surface area contributed by atoms with Crippen LogP contribution in [0.15, 0.2) is 24.8 Å². The van der Waals surface area contributed by atoms with E-state index in [0.29, 0.717) is 32.2 Å². The van der Waals surface area contributed by atoms with E-state index < -0.39 is 51.3 Å². The molecule has 2 fully saturated rings. The smallest absolute Gasteiger partial charge is 0.408 e. The molecule has 40 heavy (non-hydrogen) atoms. The number of hydrogen-bond donors (Lipinski definition) is 3. The van der Waals surface area contributed by atoms with Gasteiger partial charge in [-0.15, -0.1) is 6.58 Å². The van der Waals surface area contributed by atoms with Gasteiger partial charge in [-0.25, -0.2) is 9.52 Å². The number of likely N-dealkylation sites (N-methyl/N-ethyl adjacent to an activating group) is 1. The van der Waals surface area contributed by atoms with Crippen LogP contribution < -0.4 is 15.4 Å². The zero-order valence-electron chi connectivity index (χ0n) is 23.9. The molecule has 0 radical (unpaired) electrons. The molecule has 13 heteroatoms. The van der Waals surface area contributed by atoms with Gasteiger partial charge in [-0.1, -0.05) is 31.1 Å². The first-order valence-electron chi connectivity index (χ1n) is 13.9. The summed E-state index contributed by atoms with van der Waals surface area (Å²) in [7, 11) is -2.84. The van der Waals surface area contributed by atoms with Gasteiger partial charge in [-0.2, -0.15) is 12.7 Å². The Hall–Kier alpha value is -2.93. The van der Waals surface area contributed by atoms with Gasteiger partial charge >= 0.3 is 16.3 Å². The number of rotatable bonds is 6. The van der Waals surface area contributed by atoms with Gasteiger partial charge in [0, 0.05) is 26.1 Å². The molecule has 0 spiro atoms. The lowest BCUT2D eigenvalue weighted by atomic mass is 10.0. The summed E-state index contributed by atoms with van der Waals surface area (Å²) in [4.78, 5) is 54.5. The molecular weight excluding hydrogens is 538 g/mol. The molecule has 3 rings (SSSR count). The van der Waals surface area contributed by atoms with Gasteiger partial charge in [0.15, 0.2) is 0 Å². The number of nitrogens with zero attached hydrogens (tertiary/aromatic N) is 2. The van der Waals surface area contributed by atoms with Crippen molar-refractivity contribution < 1.29 is 32.3 Å². The minimum atomic E-state index is -4.15. The lowest BCUT2D eigenvalue weighted by Crippen LogP contribution is -2.59. The fourth-order valence-corrected chi connectivity index (χ4v) is 5.98. The molecule has 2 aliphatic heterocycles. The Morgan fingerprint density at radius 1 is 1.23 bits per heavy atom. The molecule has 0 bridgehead atoms. The van der Waals surface area contributed by atoms with Crippen molar-refractivity contribution in [2.24, 2.45) is 5.92 Å². The van der Waals surface area contributed by atoms with Gasteiger partial charge in [0.1, 0.15) is 23.2 Å². The van der Waals surface area contributed by atoms with E-state index >= 15 is 0 Å². The van der Waals surface area contributed by atoms with Crippen molar-refractivity contribution in [1.82, 2.24) is 24.6 Å². The first kappa shape index (κ1) is 31.6. The highest BCUT2D eigenvalue weighted by molar-refractivity contribution is 7.87. The second-order valence-corrected chi connectivity index (χ2v) is 13.5. The topological polar surface area (TPSA) is 154 Å². The Morgan fingerprint density at radius 3 is 2.62 bits per heavy atom. The van der Waals surface area contributed by atoms with E-state index in [9.17, 15) is 27.6 Å². The minimum absolute atomic E-state index is 0.00292. The summed E-state index contributed by atoms with van der Waals surface area (Å²) in [5.41, 5.74) is -2.18. The van der Waals surface area contributed by atoms with Crippen LogP contribution >= 0.6 is 0 Å². The van der Waals surface area contributed by atoms with Crippen LogP contribution in [0, 0.1) is 5.92 Å². The Labute approximate surface area is 237 Å². The summed E-state index contributed by atoms with van der Waals surface area (Å²) < 4.78 is 33.7. The number of allylic oxidation sites excluding steroid dienone is 1. The van der Waals surface area contributed by atoms with Gasteiger partial charge in [-0.05, 0) is 59.3 Å². The molecule has 12 nitrogen and oxygen atoms in total. The summed E-state index contributed by atoms with van der Waals surface area (Å²) in [5, 5.41) is 5.49.